The molecule has 2 heterocycles. The summed E-state index contributed by atoms with van der Waals surface area (Å²) in [7, 11) is 1.68. The van der Waals surface area contributed by atoms with E-state index in [0.29, 0.717) is 0 Å². The summed E-state index contributed by atoms with van der Waals surface area (Å²) < 4.78 is 10.8. The van der Waals surface area contributed by atoms with Gasteiger partial charge in [-0.25, -0.2) is 4.98 Å². The lowest BCUT2D eigenvalue weighted by Crippen LogP contribution is -2.37. The molecule has 0 radical (unpaired) electrons. The lowest BCUT2D eigenvalue weighted by molar-refractivity contribution is 0.122. The summed E-state index contributed by atoms with van der Waals surface area (Å²) in [5.41, 5.74) is 3.00. The maximum Gasteiger partial charge on any atom is 0.137 e. The number of aryl methyl sites for hydroxylation is 1. The maximum absolute atomic E-state index is 5.49. The summed E-state index contributed by atoms with van der Waals surface area (Å²) in [6, 6.07) is 16.4. The van der Waals surface area contributed by atoms with Gasteiger partial charge in [0.1, 0.15) is 11.6 Å². The van der Waals surface area contributed by atoms with Crippen LogP contribution in [0, 0.1) is 6.92 Å². The number of ether oxygens (including phenoxy) is 2. The van der Waals surface area contributed by atoms with Gasteiger partial charge >= 0.3 is 0 Å². The van der Waals surface area contributed by atoms with Crippen molar-refractivity contribution in [1.82, 2.24) is 4.98 Å². The number of aromatic nitrogens is 1. The van der Waals surface area contributed by atoms with Crippen LogP contribution in [0.3, 0.4) is 0 Å². The fraction of sp³-hybridized carbons (Fsp3) is 0.286. The molecule has 5 heteroatoms. The number of nitrogens with one attached hydrogen (secondary N) is 1. The first-order valence-electron chi connectivity index (χ1n) is 8.89. The fourth-order valence-corrected chi connectivity index (χ4v) is 3.39. The summed E-state index contributed by atoms with van der Waals surface area (Å²) in [6.07, 6.45) is 0. The second-order valence-corrected chi connectivity index (χ2v) is 6.40. The number of hydrogen-bond donors (Lipinski definition) is 1. The average molecular weight is 349 g/mol. The summed E-state index contributed by atoms with van der Waals surface area (Å²) in [5, 5.41) is 5.86. The molecule has 0 bridgehead atoms. The molecule has 0 saturated carbocycles. The zero-order chi connectivity index (χ0) is 17.9. The summed E-state index contributed by atoms with van der Waals surface area (Å²) in [4.78, 5) is 7.25. The molecule has 1 N–H and O–H groups in total. The molecular weight excluding hydrogens is 326 g/mol. The molecule has 5 nitrogen and oxygen atoms in total. The minimum Gasteiger partial charge on any atom is -0.497 e. The third kappa shape index (κ3) is 3.18. The van der Waals surface area contributed by atoms with E-state index < -0.39 is 0 Å². The van der Waals surface area contributed by atoms with Crippen molar-refractivity contribution < 1.29 is 9.47 Å². The number of fused-ring (bicyclic) bond motifs is 1. The van der Waals surface area contributed by atoms with E-state index in [1.807, 2.05) is 24.3 Å². The highest BCUT2D eigenvalue weighted by Gasteiger charge is 2.18. The molecule has 0 amide bonds. The van der Waals surface area contributed by atoms with Crippen molar-refractivity contribution in [3.63, 3.8) is 0 Å². The zero-order valence-electron chi connectivity index (χ0n) is 15.2. The van der Waals surface area contributed by atoms with E-state index in [4.69, 9.17) is 14.5 Å². The zero-order valence-corrected chi connectivity index (χ0v) is 15.2. The highest BCUT2D eigenvalue weighted by molar-refractivity contribution is 6.02. The smallest absolute Gasteiger partial charge is 0.137 e. The summed E-state index contributed by atoms with van der Waals surface area (Å²) in [5.74, 6) is 1.87. The first-order chi connectivity index (χ1) is 12.8. The molecule has 4 rings (SSSR count). The largest absolute Gasteiger partial charge is 0.497 e. The Kier molecular flexibility index (Phi) is 4.63. The molecule has 1 aliphatic rings. The van der Waals surface area contributed by atoms with Crippen LogP contribution in [0.5, 0.6) is 5.75 Å². The monoisotopic (exact) mass is 349 g/mol. The van der Waals surface area contributed by atoms with Gasteiger partial charge in [0.25, 0.3) is 0 Å². The van der Waals surface area contributed by atoms with Gasteiger partial charge in [-0.3, -0.25) is 0 Å². The van der Waals surface area contributed by atoms with Gasteiger partial charge in [0, 0.05) is 35.6 Å². The van der Waals surface area contributed by atoms with Crippen LogP contribution in [-0.2, 0) is 4.74 Å². The second kappa shape index (κ2) is 7.22. The van der Waals surface area contributed by atoms with E-state index in [1.165, 1.54) is 5.39 Å². The molecule has 0 aliphatic carbocycles. The molecule has 2 aromatic carbocycles. The number of hydrogen-bond acceptors (Lipinski definition) is 5. The van der Waals surface area contributed by atoms with Crippen molar-refractivity contribution >= 4 is 28.0 Å². The molecule has 3 aromatic rings. The molecule has 0 atom stereocenters. The molecule has 26 heavy (non-hydrogen) atoms. The molecule has 1 aromatic heterocycles. The predicted octanol–water partition coefficient (Wildman–Crippen LogP) is 4.13. The number of nitrogens with zero attached hydrogens (tertiary/aromatic N) is 2. The topological polar surface area (TPSA) is 46.6 Å². The number of methoxy groups -OCH3 is 1. The quantitative estimate of drug-likeness (QED) is 0.767. The van der Waals surface area contributed by atoms with E-state index >= 15 is 0 Å². The SMILES string of the molecule is COc1cccc(Nc2c(C)nc(N3CCOCC3)c3ccccc23)c1. The van der Waals surface area contributed by atoms with Crippen molar-refractivity contribution in [2.45, 2.75) is 6.92 Å². The third-order valence-corrected chi connectivity index (χ3v) is 4.72. The number of rotatable bonds is 4. The van der Waals surface area contributed by atoms with Crippen LogP contribution in [0.4, 0.5) is 17.2 Å². The Hall–Kier alpha value is -2.79. The average Bonchev–Trinajstić information content (AvgIpc) is 2.70. The third-order valence-electron chi connectivity index (χ3n) is 4.72. The Labute approximate surface area is 153 Å². The van der Waals surface area contributed by atoms with E-state index in [0.717, 1.165) is 60.3 Å². The van der Waals surface area contributed by atoms with Gasteiger partial charge in [-0.2, -0.15) is 0 Å². The Morgan fingerprint density at radius 3 is 2.58 bits per heavy atom. The standard InChI is InChI=1S/C21H23N3O2/c1-15-20(23-16-6-5-7-17(14-16)25-2)18-8-3-4-9-19(18)21(22-15)24-10-12-26-13-11-24/h3-9,14,23H,10-13H2,1-2H3. The van der Waals surface area contributed by atoms with Gasteiger partial charge in [-0.15, -0.1) is 0 Å². The van der Waals surface area contributed by atoms with Crippen LogP contribution in [0.1, 0.15) is 5.69 Å². The van der Waals surface area contributed by atoms with Gasteiger partial charge in [0.15, 0.2) is 0 Å². The van der Waals surface area contributed by atoms with Crippen LogP contribution in [0.2, 0.25) is 0 Å². The second-order valence-electron chi connectivity index (χ2n) is 6.40. The lowest BCUT2D eigenvalue weighted by Gasteiger charge is -2.29. The predicted molar refractivity (Wildman–Crippen MR) is 106 cm³/mol. The van der Waals surface area contributed by atoms with Crippen molar-refractivity contribution in [3.05, 3.63) is 54.2 Å². The van der Waals surface area contributed by atoms with Gasteiger partial charge in [-0.05, 0) is 19.1 Å². The Morgan fingerprint density at radius 1 is 1.04 bits per heavy atom. The molecule has 0 unspecified atom stereocenters. The lowest BCUT2D eigenvalue weighted by atomic mass is 10.1. The molecule has 134 valence electrons. The molecule has 1 aliphatic heterocycles. The van der Waals surface area contributed by atoms with E-state index in [-0.39, 0.29) is 0 Å². The van der Waals surface area contributed by atoms with Crippen molar-refractivity contribution in [1.29, 1.82) is 0 Å². The number of pyridine rings is 1. The molecular formula is C21H23N3O2. The first-order valence-corrected chi connectivity index (χ1v) is 8.89. The summed E-state index contributed by atoms with van der Waals surface area (Å²) >= 11 is 0. The Balaban J connectivity index is 1.79. The van der Waals surface area contributed by atoms with Crippen LogP contribution in [-0.4, -0.2) is 38.4 Å². The molecule has 0 spiro atoms. The summed E-state index contributed by atoms with van der Waals surface area (Å²) in [6.45, 7) is 5.30. The Bertz CT molecular complexity index is 920. The fourth-order valence-electron chi connectivity index (χ4n) is 3.39. The van der Waals surface area contributed by atoms with Crippen molar-refractivity contribution in [3.8, 4) is 5.75 Å². The normalized spacial score (nSPS) is 14.5. The van der Waals surface area contributed by atoms with E-state index in [1.54, 1.807) is 7.11 Å². The van der Waals surface area contributed by atoms with Gasteiger partial charge < -0.3 is 19.7 Å². The number of benzene rings is 2. The van der Waals surface area contributed by atoms with Gasteiger partial charge in [0.2, 0.25) is 0 Å². The van der Waals surface area contributed by atoms with Crippen molar-refractivity contribution in [2.75, 3.05) is 43.6 Å². The molecule has 1 fully saturated rings. The number of morpholine rings is 1. The minimum absolute atomic E-state index is 0.749. The van der Waals surface area contributed by atoms with Gasteiger partial charge in [-0.1, -0.05) is 30.3 Å². The van der Waals surface area contributed by atoms with Crippen LogP contribution < -0.4 is 15.0 Å². The first kappa shape index (κ1) is 16.7. The van der Waals surface area contributed by atoms with Crippen LogP contribution in [0.25, 0.3) is 10.8 Å². The minimum atomic E-state index is 0.749. The van der Waals surface area contributed by atoms with E-state index in [2.05, 4.69) is 41.4 Å². The highest BCUT2D eigenvalue weighted by atomic mass is 16.5. The van der Waals surface area contributed by atoms with Crippen molar-refractivity contribution in [2.24, 2.45) is 0 Å². The van der Waals surface area contributed by atoms with Crippen LogP contribution >= 0.6 is 0 Å². The Morgan fingerprint density at radius 2 is 1.81 bits per heavy atom. The highest BCUT2D eigenvalue weighted by Crippen LogP contribution is 2.35. The van der Waals surface area contributed by atoms with E-state index in [9.17, 15) is 0 Å². The maximum atomic E-state index is 5.49. The van der Waals surface area contributed by atoms with Gasteiger partial charge in [0.05, 0.1) is 31.7 Å². The molecule has 1 saturated heterocycles. The van der Waals surface area contributed by atoms with Crippen LogP contribution in [0.15, 0.2) is 48.5 Å². The number of anilines is 3.